The second kappa shape index (κ2) is 5.66. The highest BCUT2D eigenvalue weighted by Gasteiger charge is 2.19. The third-order valence-corrected chi connectivity index (χ3v) is 3.31. The number of nitrogens with one attached hydrogen (secondary N) is 1. The first-order valence-corrected chi connectivity index (χ1v) is 6.27. The van der Waals surface area contributed by atoms with Crippen molar-refractivity contribution in [3.05, 3.63) is 22.6 Å². The first-order chi connectivity index (χ1) is 8.16. The Labute approximate surface area is 108 Å². The average Bonchev–Trinajstić information content (AvgIpc) is 2.72. The van der Waals surface area contributed by atoms with Gasteiger partial charge in [0.2, 0.25) is 0 Å². The minimum atomic E-state index is -0.151. The lowest BCUT2D eigenvalue weighted by Crippen LogP contribution is -2.45. The number of furan rings is 1. The standard InChI is InChI=1S/C11H15BrN2O3/c1-14-3-5-16-8(7-14)6-13-11(15)9-2-4-17-10(9)12/h2,4,8H,3,5-7H2,1H3,(H,13,15). The van der Waals surface area contributed by atoms with Crippen molar-refractivity contribution in [2.45, 2.75) is 6.10 Å². The molecule has 1 saturated heterocycles. The number of amides is 1. The van der Waals surface area contributed by atoms with E-state index in [4.69, 9.17) is 9.15 Å². The molecule has 1 atom stereocenters. The number of morpholine rings is 1. The fourth-order valence-corrected chi connectivity index (χ4v) is 2.17. The molecular formula is C11H15BrN2O3. The number of likely N-dealkylation sites (N-methyl/N-ethyl adjacent to an activating group) is 1. The molecule has 1 aromatic rings. The Bertz CT molecular complexity index is 394. The second-order valence-electron chi connectivity index (χ2n) is 4.07. The van der Waals surface area contributed by atoms with Gasteiger partial charge >= 0.3 is 0 Å². The summed E-state index contributed by atoms with van der Waals surface area (Å²) >= 11 is 3.18. The summed E-state index contributed by atoms with van der Waals surface area (Å²) in [4.78, 5) is 14.0. The van der Waals surface area contributed by atoms with Gasteiger partial charge in [0.05, 0.1) is 24.5 Å². The summed E-state index contributed by atoms with van der Waals surface area (Å²) in [7, 11) is 2.05. The number of hydrogen-bond donors (Lipinski definition) is 1. The lowest BCUT2D eigenvalue weighted by Gasteiger charge is -2.30. The van der Waals surface area contributed by atoms with E-state index in [0.717, 1.165) is 13.1 Å². The lowest BCUT2D eigenvalue weighted by atomic mass is 10.2. The molecule has 0 aromatic carbocycles. The van der Waals surface area contributed by atoms with Gasteiger partial charge in [0.1, 0.15) is 0 Å². The number of carbonyl (C=O) groups is 1. The van der Waals surface area contributed by atoms with Crippen LogP contribution in [0.25, 0.3) is 0 Å². The molecule has 1 fully saturated rings. The molecule has 0 saturated carbocycles. The summed E-state index contributed by atoms with van der Waals surface area (Å²) in [6.45, 7) is 3.01. The van der Waals surface area contributed by atoms with Gasteiger partial charge in [-0.05, 0) is 29.0 Å². The van der Waals surface area contributed by atoms with E-state index >= 15 is 0 Å². The summed E-state index contributed by atoms with van der Waals surface area (Å²) in [5.41, 5.74) is 0.508. The van der Waals surface area contributed by atoms with Crippen molar-refractivity contribution in [1.29, 1.82) is 0 Å². The van der Waals surface area contributed by atoms with Crippen molar-refractivity contribution in [3.8, 4) is 0 Å². The van der Waals surface area contributed by atoms with E-state index in [1.165, 1.54) is 6.26 Å². The molecule has 1 N–H and O–H groups in total. The zero-order valence-corrected chi connectivity index (χ0v) is 11.2. The Morgan fingerprint density at radius 2 is 2.53 bits per heavy atom. The fraction of sp³-hybridized carbons (Fsp3) is 0.545. The van der Waals surface area contributed by atoms with Gasteiger partial charge in [-0.15, -0.1) is 0 Å². The molecule has 0 spiro atoms. The van der Waals surface area contributed by atoms with Crippen LogP contribution in [0.3, 0.4) is 0 Å². The Morgan fingerprint density at radius 1 is 1.71 bits per heavy atom. The molecule has 1 amide bonds. The smallest absolute Gasteiger partial charge is 0.255 e. The topological polar surface area (TPSA) is 54.7 Å². The van der Waals surface area contributed by atoms with E-state index in [-0.39, 0.29) is 12.0 Å². The molecule has 94 valence electrons. The SMILES string of the molecule is CN1CCOC(CNC(=O)c2ccoc2Br)C1. The Morgan fingerprint density at radius 3 is 3.18 bits per heavy atom. The van der Waals surface area contributed by atoms with E-state index in [0.29, 0.717) is 23.4 Å². The van der Waals surface area contributed by atoms with Crippen LogP contribution in [0, 0.1) is 0 Å². The molecule has 0 radical (unpaired) electrons. The minimum absolute atomic E-state index is 0.0587. The van der Waals surface area contributed by atoms with Crippen molar-refractivity contribution in [1.82, 2.24) is 10.2 Å². The van der Waals surface area contributed by atoms with E-state index in [1.54, 1.807) is 6.07 Å². The maximum Gasteiger partial charge on any atom is 0.255 e. The van der Waals surface area contributed by atoms with E-state index in [2.05, 4.69) is 26.1 Å². The number of ether oxygens (including phenoxy) is 1. The van der Waals surface area contributed by atoms with Gasteiger partial charge in [-0.1, -0.05) is 0 Å². The largest absolute Gasteiger partial charge is 0.457 e. The normalized spacial score (nSPS) is 21.4. The van der Waals surface area contributed by atoms with Gasteiger partial charge in [0.15, 0.2) is 4.67 Å². The molecule has 1 unspecified atom stereocenters. The Kier molecular flexibility index (Phi) is 4.20. The van der Waals surface area contributed by atoms with E-state index in [1.807, 2.05) is 7.05 Å². The molecule has 5 nitrogen and oxygen atoms in total. The summed E-state index contributed by atoms with van der Waals surface area (Å²) in [5.74, 6) is -0.151. The second-order valence-corrected chi connectivity index (χ2v) is 4.79. The molecule has 2 heterocycles. The highest BCUT2D eigenvalue weighted by atomic mass is 79.9. The van der Waals surface area contributed by atoms with Gasteiger partial charge in [0.25, 0.3) is 5.91 Å². The predicted molar refractivity (Wildman–Crippen MR) is 66.0 cm³/mol. The first-order valence-electron chi connectivity index (χ1n) is 5.48. The third-order valence-electron chi connectivity index (χ3n) is 2.69. The van der Waals surface area contributed by atoms with Gasteiger partial charge < -0.3 is 19.4 Å². The van der Waals surface area contributed by atoms with Gasteiger partial charge in [0, 0.05) is 19.6 Å². The van der Waals surface area contributed by atoms with E-state index in [9.17, 15) is 4.79 Å². The van der Waals surface area contributed by atoms with Crippen LogP contribution < -0.4 is 5.32 Å². The maximum atomic E-state index is 11.8. The Hall–Kier alpha value is -0.850. The monoisotopic (exact) mass is 302 g/mol. The number of hydrogen-bond acceptors (Lipinski definition) is 4. The van der Waals surface area contributed by atoms with Crippen LogP contribution in [0.15, 0.2) is 21.4 Å². The van der Waals surface area contributed by atoms with E-state index < -0.39 is 0 Å². The van der Waals surface area contributed by atoms with Crippen molar-refractivity contribution in [2.24, 2.45) is 0 Å². The molecule has 2 rings (SSSR count). The summed E-state index contributed by atoms with van der Waals surface area (Å²) in [5, 5.41) is 2.84. The number of nitrogens with zero attached hydrogens (tertiary/aromatic N) is 1. The summed E-state index contributed by atoms with van der Waals surface area (Å²) < 4.78 is 11.0. The third kappa shape index (κ3) is 3.31. The zero-order chi connectivity index (χ0) is 12.3. The molecular weight excluding hydrogens is 288 g/mol. The number of rotatable bonds is 3. The molecule has 1 aromatic heterocycles. The van der Waals surface area contributed by atoms with Crippen LogP contribution in [0.4, 0.5) is 0 Å². The van der Waals surface area contributed by atoms with Gasteiger partial charge in [-0.2, -0.15) is 0 Å². The van der Waals surface area contributed by atoms with Crippen LogP contribution in [0.5, 0.6) is 0 Å². The first kappa shape index (κ1) is 12.6. The van der Waals surface area contributed by atoms with Crippen LogP contribution in [-0.4, -0.2) is 50.2 Å². The van der Waals surface area contributed by atoms with Crippen molar-refractivity contribution in [3.63, 3.8) is 0 Å². The minimum Gasteiger partial charge on any atom is -0.457 e. The lowest BCUT2D eigenvalue weighted by molar-refractivity contribution is -0.0175. The van der Waals surface area contributed by atoms with Crippen LogP contribution in [0.2, 0.25) is 0 Å². The van der Waals surface area contributed by atoms with Crippen LogP contribution in [0.1, 0.15) is 10.4 Å². The Balaban J connectivity index is 1.82. The van der Waals surface area contributed by atoms with Crippen molar-refractivity contribution >= 4 is 21.8 Å². The summed E-state index contributed by atoms with van der Waals surface area (Å²) in [6.07, 6.45) is 1.53. The summed E-state index contributed by atoms with van der Waals surface area (Å²) in [6, 6.07) is 1.63. The van der Waals surface area contributed by atoms with Gasteiger partial charge in [-0.3, -0.25) is 4.79 Å². The molecule has 17 heavy (non-hydrogen) atoms. The highest BCUT2D eigenvalue weighted by molar-refractivity contribution is 9.10. The maximum absolute atomic E-state index is 11.8. The predicted octanol–water partition coefficient (Wildman–Crippen LogP) is 1.10. The quantitative estimate of drug-likeness (QED) is 0.908. The zero-order valence-electron chi connectivity index (χ0n) is 9.61. The van der Waals surface area contributed by atoms with Crippen LogP contribution >= 0.6 is 15.9 Å². The van der Waals surface area contributed by atoms with Gasteiger partial charge in [-0.25, -0.2) is 0 Å². The number of halogens is 1. The van der Waals surface area contributed by atoms with Crippen LogP contribution in [-0.2, 0) is 4.74 Å². The molecule has 1 aliphatic rings. The molecule has 6 heteroatoms. The average molecular weight is 303 g/mol. The molecule has 1 aliphatic heterocycles. The fourth-order valence-electron chi connectivity index (χ4n) is 1.75. The van der Waals surface area contributed by atoms with Crippen molar-refractivity contribution in [2.75, 3.05) is 33.3 Å². The molecule has 0 bridgehead atoms. The molecule has 0 aliphatic carbocycles. The number of carbonyl (C=O) groups excluding carboxylic acids is 1. The highest BCUT2D eigenvalue weighted by Crippen LogP contribution is 2.17. The van der Waals surface area contributed by atoms with Crippen molar-refractivity contribution < 1.29 is 13.9 Å².